The third-order valence-electron chi connectivity index (χ3n) is 1.03. The van der Waals surface area contributed by atoms with E-state index >= 15 is 0 Å². The van der Waals surface area contributed by atoms with Crippen LogP contribution in [0, 0.1) is 4.91 Å². The first-order chi connectivity index (χ1) is 5.61. The number of esters is 1. The summed E-state index contributed by atoms with van der Waals surface area (Å²) >= 11 is 0. The van der Waals surface area contributed by atoms with Gasteiger partial charge in [-0.05, 0) is 0 Å². The maximum absolute atomic E-state index is 10.7. The van der Waals surface area contributed by atoms with Gasteiger partial charge in [0, 0.05) is 7.05 Å². The van der Waals surface area contributed by atoms with Gasteiger partial charge >= 0.3 is 12.0 Å². The molecule has 0 bridgehead atoms. The number of rotatable bonds is 3. The Labute approximate surface area is 68.6 Å². The second-order valence-electron chi connectivity index (χ2n) is 1.84. The fourth-order valence-corrected chi connectivity index (χ4v) is 0.371. The average Bonchev–Trinajstić information content (AvgIpc) is 2.11. The topological polar surface area (TPSA) is 88.1 Å². The van der Waals surface area contributed by atoms with E-state index < -0.39 is 12.0 Å². The smallest absolute Gasteiger partial charge is 0.340 e. The Kier molecular flexibility index (Phi) is 4.35. The molecular formula is C5H9N3O4. The molecule has 2 amide bonds. The molecule has 12 heavy (non-hydrogen) atoms. The summed E-state index contributed by atoms with van der Waals surface area (Å²) in [6.45, 7) is -0.283. The monoisotopic (exact) mass is 175 g/mol. The van der Waals surface area contributed by atoms with E-state index in [4.69, 9.17) is 0 Å². The van der Waals surface area contributed by atoms with Crippen molar-refractivity contribution >= 4 is 12.0 Å². The maximum Gasteiger partial charge on any atom is 0.340 e. The van der Waals surface area contributed by atoms with Crippen molar-refractivity contribution in [2.24, 2.45) is 5.29 Å². The van der Waals surface area contributed by atoms with Gasteiger partial charge in [0.25, 0.3) is 0 Å². The van der Waals surface area contributed by atoms with Crippen molar-refractivity contribution in [3.05, 3.63) is 4.91 Å². The second-order valence-corrected chi connectivity index (χ2v) is 1.84. The first kappa shape index (κ1) is 10.3. The fourth-order valence-electron chi connectivity index (χ4n) is 0.371. The number of hydrogen-bond donors (Lipinski definition) is 1. The van der Waals surface area contributed by atoms with E-state index in [0.29, 0.717) is 5.01 Å². The zero-order valence-electron chi connectivity index (χ0n) is 6.73. The molecule has 0 fully saturated rings. The number of urea groups is 1. The summed E-state index contributed by atoms with van der Waals surface area (Å²) in [4.78, 5) is 30.9. The van der Waals surface area contributed by atoms with Gasteiger partial charge < -0.3 is 10.1 Å². The van der Waals surface area contributed by atoms with Crippen molar-refractivity contribution in [1.29, 1.82) is 0 Å². The van der Waals surface area contributed by atoms with Crippen molar-refractivity contribution in [3.8, 4) is 0 Å². The summed E-state index contributed by atoms with van der Waals surface area (Å²) < 4.78 is 4.23. The number of carbonyl (C=O) groups is 2. The quantitative estimate of drug-likeness (QED) is 0.355. The van der Waals surface area contributed by atoms with Gasteiger partial charge in [-0.15, -0.1) is 4.91 Å². The van der Waals surface area contributed by atoms with Crippen LogP contribution in [-0.4, -0.2) is 37.7 Å². The molecule has 68 valence electrons. The Morgan fingerprint density at radius 3 is 2.58 bits per heavy atom. The molecule has 0 aromatic carbocycles. The molecule has 0 aromatic rings. The second kappa shape index (κ2) is 5.05. The average molecular weight is 175 g/mol. The summed E-state index contributed by atoms with van der Waals surface area (Å²) in [5, 5.41) is 4.94. The van der Waals surface area contributed by atoms with Gasteiger partial charge in [-0.1, -0.05) is 0 Å². The third-order valence-corrected chi connectivity index (χ3v) is 1.03. The summed E-state index contributed by atoms with van der Waals surface area (Å²) in [6.07, 6.45) is 0. The molecule has 0 aromatic heterocycles. The molecule has 0 atom stereocenters. The van der Waals surface area contributed by atoms with Crippen LogP contribution < -0.4 is 5.32 Å². The minimum Gasteiger partial charge on any atom is -0.468 e. The Balaban J connectivity index is 3.71. The van der Waals surface area contributed by atoms with Crippen molar-refractivity contribution in [2.75, 3.05) is 20.7 Å². The minimum absolute atomic E-state index is 0.283. The summed E-state index contributed by atoms with van der Waals surface area (Å²) in [5.41, 5.74) is 0. The molecule has 1 N–H and O–H groups in total. The van der Waals surface area contributed by atoms with Crippen LogP contribution in [0.3, 0.4) is 0 Å². The molecule has 0 unspecified atom stereocenters. The van der Waals surface area contributed by atoms with Crippen LogP contribution >= 0.6 is 0 Å². The van der Waals surface area contributed by atoms with Crippen LogP contribution in [0.5, 0.6) is 0 Å². The molecule has 7 heteroatoms. The standard InChI is InChI=1S/C5H9N3O4/c1-8(7-11)5(10)6-3-4(9)12-2/h3H2,1-2H3,(H,6,10). The first-order valence-corrected chi connectivity index (χ1v) is 3.03. The van der Waals surface area contributed by atoms with Gasteiger partial charge in [-0.3, -0.25) is 4.79 Å². The van der Waals surface area contributed by atoms with Gasteiger partial charge in [0.05, 0.1) is 12.4 Å². The number of methoxy groups -OCH3 is 1. The number of nitrogens with one attached hydrogen (secondary N) is 1. The highest BCUT2D eigenvalue weighted by atomic mass is 16.5. The number of hydrogen-bond acceptors (Lipinski definition) is 5. The molecule has 7 nitrogen and oxygen atoms in total. The third kappa shape index (κ3) is 3.49. The number of nitroso groups, excluding NO2 is 1. The summed E-state index contributed by atoms with van der Waals surface area (Å²) in [6, 6.07) is -0.754. The fraction of sp³-hybridized carbons (Fsp3) is 0.600. The van der Waals surface area contributed by atoms with Crippen LogP contribution in [0.25, 0.3) is 0 Å². The van der Waals surface area contributed by atoms with E-state index in [9.17, 15) is 14.5 Å². The molecule has 0 spiro atoms. The van der Waals surface area contributed by atoms with Gasteiger partial charge in [0.1, 0.15) is 6.54 Å². The highest BCUT2D eigenvalue weighted by Crippen LogP contribution is 1.82. The number of ether oxygens (including phenoxy) is 1. The molecule has 0 aliphatic heterocycles. The highest BCUT2D eigenvalue weighted by Gasteiger charge is 2.09. The zero-order chi connectivity index (χ0) is 9.56. The SMILES string of the molecule is COC(=O)CNC(=O)N(C)N=O. The lowest BCUT2D eigenvalue weighted by atomic mass is 10.6. The van der Waals surface area contributed by atoms with E-state index in [0.717, 1.165) is 0 Å². The van der Waals surface area contributed by atoms with Gasteiger partial charge in [0.15, 0.2) is 0 Å². The first-order valence-electron chi connectivity index (χ1n) is 3.03. The lowest BCUT2D eigenvalue weighted by Gasteiger charge is -2.07. The van der Waals surface area contributed by atoms with E-state index in [1.807, 2.05) is 0 Å². The molecule has 0 radical (unpaired) electrons. The summed E-state index contributed by atoms with van der Waals surface area (Å²) in [7, 11) is 2.36. The lowest BCUT2D eigenvalue weighted by molar-refractivity contribution is -0.139. The molecule has 0 aliphatic carbocycles. The number of nitrogens with zero attached hydrogens (tertiary/aromatic N) is 2. The number of carbonyl (C=O) groups excluding carboxylic acids is 2. The van der Waals surface area contributed by atoms with E-state index in [1.165, 1.54) is 14.2 Å². The molecule has 0 rings (SSSR count). The molecule has 0 aliphatic rings. The maximum atomic E-state index is 10.7. The predicted molar refractivity (Wildman–Crippen MR) is 39.0 cm³/mol. The van der Waals surface area contributed by atoms with Gasteiger partial charge in [-0.25, -0.2) is 4.79 Å². The Bertz CT molecular complexity index is 193. The van der Waals surface area contributed by atoms with E-state index in [-0.39, 0.29) is 6.54 Å². The minimum atomic E-state index is -0.754. The van der Waals surface area contributed by atoms with Gasteiger partial charge in [0.2, 0.25) is 0 Å². The van der Waals surface area contributed by atoms with Crippen LogP contribution in [0.1, 0.15) is 0 Å². The van der Waals surface area contributed by atoms with Crippen LogP contribution in [0.15, 0.2) is 5.29 Å². The predicted octanol–water partition coefficient (Wildman–Crippen LogP) is -0.518. The Morgan fingerprint density at radius 2 is 2.17 bits per heavy atom. The molecule has 0 saturated carbocycles. The normalized spacial score (nSPS) is 8.50. The summed E-state index contributed by atoms with van der Waals surface area (Å²) in [5.74, 6) is -0.595. The van der Waals surface area contributed by atoms with E-state index in [2.05, 4.69) is 15.3 Å². The van der Waals surface area contributed by atoms with E-state index in [1.54, 1.807) is 0 Å². The number of amides is 2. The molecule has 0 saturated heterocycles. The van der Waals surface area contributed by atoms with Crippen molar-refractivity contribution in [3.63, 3.8) is 0 Å². The van der Waals surface area contributed by atoms with Crippen molar-refractivity contribution in [2.45, 2.75) is 0 Å². The zero-order valence-corrected chi connectivity index (χ0v) is 6.73. The molecular weight excluding hydrogens is 166 g/mol. The van der Waals surface area contributed by atoms with Crippen molar-refractivity contribution in [1.82, 2.24) is 10.3 Å². The Morgan fingerprint density at radius 1 is 1.58 bits per heavy atom. The Hall–Kier alpha value is -1.66. The van der Waals surface area contributed by atoms with Gasteiger partial charge in [-0.2, -0.15) is 5.01 Å². The van der Waals surface area contributed by atoms with Crippen LogP contribution in [0.2, 0.25) is 0 Å². The van der Waals surface area contributed by atoms with Crippen LogP contribution in [0.4, 0.5) is 4.79 Å². The van der Waals surface area contributed by atoms with Crippen LogP contribution in [-0.2, 0) is 9.53 Å². The molecule has 0 heterocycles. The van der Waals surface area contributed by atoms with Crippen molar-refractivity contribution < 1.29 is 14.3 Å². The highest BCUT2D eigenvalue weighted by molar-refractivity contribution is 5.80. The largest absolute Gasteiger partial charge is 0.468 e. The lowest BCUT2D eigenvalue weighted by Crippen LogP contribution is -2.37.